The van der Waals surface area contributed by atoms with E-state index in [4.69, 9.17) is 9.47 Å². The highest BCUT2D eigenvalue weighted by molar-refractivity contribution is 5.90. The summed E-state index contributed by atoms with van der Waals surface area (Å²) in [6, 6.07) is 17.9. The van der Waals surface area contributed by atoms with Gasteiger partial charge in [0.1, 0.15) is 11.7 Å². The maximum Gasteiger partial charge on any atom is 0.338 e. The summed E-state index contributed by atoms with van der Waals surface area (Å²) >= 11 is 0. The highest BCUT2D eigenvalue weighted by Gasteiger charge is 2.43. The molecule has 0 saturated heterocycles. The lowest BCUT2D eigenvalue weighted by molar-refractivity contribution is -0.108. The predicted octanol–water partition coefficient (Wildman–Crippen LogP) is 6.21. The standard InChI is InChI=1S/C25H32O4/c1-4-7-19-25(18-5-2,29-24(27)21-16-12-9-13-17-21)22(6-3)28-23(26)20-14-10-8-11-15-20/h8-17,22H,4-7,18-19H2,1-3H3. The number of carbonyl (C=O) groups excluding carboxylic acids is 2. The van der Waals surface area contributed by atoms with E-state index in [0.717, 1.165) is 19.3 Å². The zero-order chi connectivity index (χ0) is 21.1. The van der Waals surface area contributed by atoms with E-state index in [-0.39, 0.29) is 11.9 Å². The Hall–Kier alpha value is -2.62. The molecule has 2 aromatic carbocycles. The number of carbonyl (C=O) groups is 2. The van der Waals surface area contributed by atoms with E-state index >= 15 is 0 Å². The molecule has 4 heteroatoms. The highest BCUT2D eigenvalue weighted by atomic mass is 16.6. The number of benzene rings is 2. The van der Waals surface area contributed by atoms with E-state index in [1.165, 1.54) is 0 Å². The van der Waals surface area contributed by atoms with Gasteiger partial charge in [-0.05, 0) is 49.9 Å². The van der Waals surface area contributed by atoms with Crippen LogP contribution in [-0.2, 0) is 9.47 Å². The summed E-state index contributed by atoms with van der Waals surface area (Å²) in [6.07, 6.45) is 4.06. The first-order chi connectivity index (χ1) is 14.1. The maximum atomic E-state index is 12.9. The molecule has 0 spiro atoms. The molecule has 2 atom stereocenters. The van der Waals surface area contributed by atoms with Gasteiger partial charge in [-0.1, -0.05) is 70.0 Å². The Morgan fingerprint density at radius 3 is 1.83 bits per heavy atom. The first kappa shape index (κ1) is 22.7. The Kier molecular flexibility index (Phi) is 8.91. The van der Waals surface area contributed by atoms with Crippen LogP contribution in [0.1, 0.15) is 80.0 Å². The number of hydrogen-bond donors (Lipinski definition) is 0. The Balaban J connectivity index is 2.31. The minimum absolute atomic E-state index is 0.371. The molecule has 29 heavy (non-hydrogen) atoms. The summed E-state index contributed by atoms with van der Waals surface area (Å²) in [5.41, 5.74) is 0.173. The van der Waals surface area contributed by atoms with Crippen LogP contribution in [-0.4, -0.2) is 23.6 Å². The van der Waals surface area contributed by atoms with E-state index in [1.807, 2.05) is 43.3 Å². The fourth-order valence-electron chi connectivity index (χ4n) is 3.67. The third kappa shape index (κ3) is 6.18. The molecule has 0 aliphatic carbocycles. The summed E-state index contributed by atoms with van der Waals surface area (Å²) in [5, 5.41) is 0. The molecule has 0 radical (unpaired) electrons. The van der Waals surface area contributed by atoms with Crippen molar-refractivity contribution in [2.75, 3.05) is 0 Å². The normalized spacial score (nSPS) is 13.9. The second-order valence-corrected chi connectivity index (χ2v) is 7.34. The molecule has 0 N–H and O–H groups in total. The van der Waals surface area contributed by atoms with Crippen LogP contribution < -0.4 is 0 Å². The quantitative estimate of drug-likeness (QED) is 0.424. The number of hydrogen-bond acceptors (Lipinski definition) is 4. The molecule has 2 unspecified atom stereocenters. The molecule has 0 aliphatic rings. The van der Waals surface area contributed by atoms with Gasteiger partial charge in [0.25, 0.3) is 0 Å². The van der Waals surface area contributed by atoms with E-state index < -0.39 is 11.7 Å². The van der Waals surface area contributed by atoms with Crippen molar-refractivity contribution < 1.29 is 19.1 Å². The Bertz CT molecular complexity index is 757. The number of rotatable bonds is 11. The van der Waals surface area contributed by atoms with Gasteiger partial charge in [-0.15, -0.1) is 0 Å². The first-order valence-corrected chi connectivity index (χ1v) is 10.6. The van der Waals surface area contributed by atoms with Crippen molar-refractivity contribution in [1.29, 1.82) is 0 Å². The molecular formula is C25H32O4. The van der Waals surface area contributed by atoms with Crippen LogP contribution in [0.5, 0.6) is 0 Å². The monoisotopic (exact) mass is 396 g/mol. The molecule has 0 heterocycles. The summed E-state index contributed by atoms with van der Waals surface area (Å²) in [6.45, 7) is 6.13. The van der Waals surface area contributed by atoms with Crippen LogP contribution in [0.2, 0.25) is 0 Å². The number of ether oxygens (including phenoxy) is 2. The van der Waals surface area contributed by atoms with E-state index in [2.05, 4.69) is 13.8 Å². The van der Waals surface area contributed by atoms with Crippen LogP contribution in [0.3, 0.4) is 0 Å². The first-order valence-electron chi connectivity index (χ1n) is 10.6. The lowest BCUT2D eigenvalue weighted by atomic mass is 9.84. The van der Waals surface area contributed by atoms with Crippen molar-refractivity contribution in [2.24, 2.45) is 0 Å². The SMILES string of the molecule is CCCCC(CCC)(OC(=O)c1ccccc1)C(CC)OC(=O)c1ccccc1. The number of esters is 2. The molecule has 2 aromatic rings. The van der Waals surface area contributed by atoms with Crippen molar-refractivity contribution in [3.05, 3.63) is 71.8 Å². The zero-order valence-electron chi connectivity index (χ0n) is 17.7. The van der Waals surface area contributed by atoms with Crippen molar-refractivity contribution in [2.45, 2.75) is 71.0 Å². The van der Waals surface area contributed by atoms with Crippen LogP contribution in [0.25, 0.3) is 0 Å². The molecule has 156 valence electrons. The summed E-state index contributed by atoms with van der Waals surface area (Å²) in [7, 11) is 0. The molecule has 0 saturated carbocycles. The van der Waals surface area contributed by atoms with Crippen LogP contribution >= 0.6 is 0 Å². The van der Waals surface area contributed by atoms with Crippen LogP contribution in [0.4, 0.5) is 0 Å². The highest BCUT2D eigenvalue weighted by Crippen LogP contribution is 2.34. The summed E-state index contributed by atoms with van der Waals surface area (Å²) in [5.74, 6) is -0.755. The third-order valence-electron chi connectivity index (χ3n) is 5.15. The summed E-state index contributed by atoms with van der Waals surface area (Å²) < 4.78 is 12.1. The van der Waals surface area contributed by atoms with Gasteiger partial charge in [0.15, 0.2) is 0 Å². The fourth-order valence-corrected chi connectivity index (χ4v) is 3.67. The molecular weight excluding hydrogens is 364 g/mol. The van der Waals surface area contributed by atoms with Gasteiger partial charge < -0.3 is 9.47 Å². The largest absolute Gasteiger partial charge is 0.455 e. The van der Waals surface area contributed by atoms with Gasteiger partial charge in [0.2, 0.25) is 0 Å². The van der Waals surface area contributed by atoms with E-state index in [0.29, 0.717) is 30.4 Å². The minimum Gasteiger partial charge on any atom is -0.455 e. The molecule has 2 rings (SSSR count). The fraction of sp³-hybridized carbons (Fsp3) is 0.440. The van der Waals surface area contributed by atoms with Crippen molar-refractivity contribution in [1.82, 2.24) is 0 Å². The van der Waals surface area contributed by atoms with Gasteiger partial charge >= 0.3 is 11.9 Å². The average Bonchev–Trinajstić information content (AvgIpc) is 2.77. The molecule has 0 aromatic heterocycles. The molecule has 0 fully saturated rings. The van der Waals surface area contributed by atoms with Crippen LogP contribution in [0, 0.1) is 0 Å². The molecule has 0 amide bonds. The van der Waals surface area contributed by atoms with E-state index in [1.54, 1.807) is 24.3 Å². The van der Waals surface area contributed by atoms with Crippen LogP contribution in [0.15, 0.2) is 60.7 Å². The summed E-state index contributed by atoms with van der Waals surface area (Å²) in [4.78, 5) is 25.6. The van der Waals surface area contributed by atoms with Gasteiger partial charge in [0.05, 0.1) is 11.1 Å². The number of unbranched alkanes of at least 4 members (excludes halogenated alkanes) is 1. The minimum atomic E-state index is -0.836. The van der Waals surface area contributed by atoms with Crippen molar-refractivity contribution in [3.8, 4) is 0 Å². The van der Waals surface area contributed by atoms with Gasteiger partial charge in [-0.25, -0.2) is 9.59 Å². The van der Waals surface area contributed by atoms with Gasteiger partial charge in [-0.2, -0.15) is 0 Å². The maximum absolute atomic E-state index is 12.9. The smallest absolute Gasteiger partial charge is 0.338 e. The second kappa shape index (κ2) is 11.4. The zero-order valence-corrected chi connectivity index (χ0v) is 17.7. The molecule has 4 nitrogen and oxygen atoms in total. The van der Waals surface area contributed by atoms with Crippen molar-refractivity contribution in [3.63, 3.8) is 0 Å². The lowest BCUT2D eigenvalue weighted by Crippen LogP contribution is -2.48. The second-order valence-electron chi connectivity index (χ2n) is 7.34. The van der Waals surface area contributed by atoms with E-state index in [9.17, 15) is 9.59 Å². The van der Waals surface area contributed by atoms with Crippen molar-refractivity contribution >= 4 is 11.9 Å². The Morgan fingerprint density at radius 1 is 0.793 bits per heavy atom. The Morgan fingerprint density at radius 2 is 1.34 bits per heavy atom. The average molecular weight is 397 g/mol. The third-order valence-corrected chi connectivity index (χ3v) is 5.15. The molecule has 0 bridgehead atoms. The topological polar surface area (TPSA) is 52.6 Å². The predicted molar refractivity (Wildman–Crippen MR) is 115 cm³/mol. The Labute approximate surface area is 174 Å². The van der Waals surface area contributed by atoms with Gasteiger partial charge in [-0.3, -0.25) is 0 Å². The van der Waals surface area contributed by atoms with Gasteiger partial charge in [0, 0.05) is 0 Å². The molecule has 0 aliphatic heterocycles. The lowest BCUT2D eigenvalue weighted by Gasteiger charge is -2.39.